The van der Waals surface area contributed by atoms with Crippen LogP contribution >= 0.6 is 0 Å². The van der Waals surface area contributed by atoms with Gasteiger partial charge in [-0.05, 0) is 86.5 Å². The summed E-state index contributed by atoms with van der Waals surface area (Å²) in [4.78, 5) is 2.47. The highest BCUT2D eigenvalue weighted by molar-refractivity contribution is 5.41. The molecule has 4 heteroatoms. The van der Waals surface area contributed by atoms with Crippen molar-refractivity contribution >= 4 is 0 Å². The average molecular weight is 474 g/mol. The predicted molar refractivity (Wildman–Crippen MR) is 141 cm³/mol. The van der Waals surface area contributed by atoms with Crippen LogP contribution in [0.1, 0.15) is 61.8 Å². The number of rotatable bonds is 11. The number of nitrogens with zero attached hydrogens (tertiary/aromatic N) is 1. The summed E-state index contributed by atoms with van der Waals surface area (Å²) in [6, 6.07) is 28.0. The summed E-state index contributed by atoms with van der Waals surface area (Å²) in [5.41, 5.74) is 1.78. The number of ether oxygens (including phenoxy) is 1. The third kappa shape index (κ3) is 6.32. The molecule has 4 rings (SSSR count). The van der Waals surface area contributed by atoms with E-state index in [1.807, 2.05) is 84.9 Å². The summed E-state index contributed by atoms with van der Waals surface area (Å²) >= 11 is 0. The van der Waals surface area contributed by atoms with E-state index >= 15 is 0 Å². The van der Waals surface area contributed by atoms with E-state index in [4.69, 9.17) is 4.74 Å². The molecule has 2 unspecified atom stereocenters. The lowest BCUT2D eigenvalue weighted by atomic mass is 9.72. The molecule has 2 N–H and O–H groups in total. The Morgan fingerprint density at radius 3 is 2.26 bits per heavy atom. The van der Waals surface area contributed by atoms with Gasteiger partial charge in [0.2, 0.25) is 0 Å². The summed E-state index contributed by atoms with van der Waals surface area (Å²) < 4.78 is 5.89. The first-order valence-electron chi connectivity index (χ1n) is 13.1. The van der Waals surface area contributed by atoms with E-state index in [0.717, 1.165) is 74.2 Å². The Kier molecular flexibility index (Phi) is 8.97. The van der Waals surface area contributed by atoms with E-state index < -0.39 is 11.7 Å². The second-order valence-corrected chi connectivity index (χ2v) is 9.69. The Labute approximate surface area is 210 Å². The first-order valence-corrected chi connectivity index (χ1v) is 13.1. The summed E-state index contributed by atoms with van der Waals surface area (Å²) in [7, 11) is 0. The van der Waals surface area contributed by atoms with Crippen LogP contribution in [-0.4, -0.2) is 41.4 Å². The van der Waals surface area contributed by atoms with Crippen LogP contribution in [0.15, 0.2) is 84.9 Å². The molecule has 1 heterocycles. The lowest BCUT2D eigenvalue weighted by Gasteiger charge is -2.42. The van der Waals surface area contributed by atoms with Gasteiger partial charge in [-0.1, -0.05) is 79.7 Å². The topological polar surface area (TPSA) is 52.9 Å². The SMILES string of the molecule is CCCOc1cccc(C(O)(c2ccccc2)C2CCN(CCCC(O)c3ccccc3)CC2)c1. The van der Waals surface area contributed by atoms with Crippen LogP contribution in [0.5, 0.6) is 5.75 Å². The van der Waals surface area contributed by atoms with E-state index in [-0.39, 0.29) is 5.92 Å². The molecule has 4 nitrogen and oxygen atoms in total. The van der Waals surface area contributed by atoms with Crippen LogP contribution in [0.25, 0.3) is 0 Å². The molecule has 0 spiro atoms. The molecule has 3 aromatic carbocycles. The van der Waals surface area contributed by atoms with Gasteiger partial charge in [-0.2, -0.15) is 0 Å². The van der Waals surface area contributed by atoms with Crippen molar-refractivity contribution in [2.45, 2.75) is 50.7 Å². The number of likely N-dealkylation sites (tertiary alicyclic amines) is 1. The van der Waals surface area contributed by atoms with Gasteiger partial charge in [0.15, 0.2) is 0 Å². The molecule has 2 atom stereocenters. The molecule has 186 valence electrons. The molecule has 3 aromatic rings. The van der Waals surface area contributed by atoms with Crippen molar-refractivity contribution in [2.24, 2.45) is 5.92 Å². The van der Waals surface area contributed by atoms with E-state index in [0.29, 0.717) is 6.61 Å². The highest BCUT2D eigenvalue weighted by Gasteiger charge is 2.41. The maximum absolute atomic E-state index is 12.3. The number of hydrogen-bond donors (Lipinski definition) is 2. The minimum Gasteiger partial charge on any atom is -0.494 e. The molecule has 1 fully saturated rings. The van der Waals surface area contributed by atoms with Gasteiger partial charge in [0, 0.05) is 0 Å². The standard InChI is InChI=1S/C31H39NO3/c1-2-23-35-29-16-9-15-28(24-29)31(34,26-13-7-4-8-14-26)27-18-21-32(22-19-27)20-10-17-30(33)25-11-5-3-6-12-25/h3-9,11-16,24,27,30,33-34H,2,10,17-23H2,1H3. The van der Waals surface area contributed by atoms with Crippen molar-refractivity contribution in [3.8, 4) is 5.75 Å². The van der Waals surface area contributed by atoms with E-state index in [1.54, 1.807) is 0 Å². The van der Waals surface area contributed by atoms with Gasteiger partial charge in [0.1, 0.15) is 11.4 Å². The summed E-state index contributed by atoms with van der Waals surface area (Å²) in [6.45, 7) is 5.64. The number of aliphatic hydroxyl groups is 2. The van der Waals surface area contributed by atoms with Crippen molar-refractivity contribution in [3.05, 3.63) is 102 Å². The Hall–Kier alpha value is -2.66. The van der Waals surface area contributed by atoms with Gasteiger partial charge in [-0.25, -0.2) is 0 Å². The zero-order chi connectivity index (χ0) is 24.5. The number of aliphatic hydroxyl groups excluding tert-OH is 1. The number of piperidine rings is 1. The van der Waals surface area contributed by atoms with Crippen LogP contribution in [0.2, 0.25) is 0 Å². The quantitative estimate of drug-likeness (QED) is 0.362. The number of benzene rings is 3. The van der Waals surface area contributed by atoms with Crippen molar-refractivity contribution in [1.29, 1.82) is 0 Å². The molecule has 1 saturated heterocycles. The Bertz CT molecular complexity index is 1020. The fourth-order valence-corrected chi connectivity index (χ4v) is 5.30. The second-order valence-electron chi connectivity index (χ2n) is 9.69. The van der Waals surface area contributed by atoms with Gasteiger partial charge in [-0.3, -0.25) is 0 Å². The largest absolute Gasteiger partial charge is 0.494 e. The van der Waals surface area contributed by atoms with Gasteiger partial charge >= 0.3 is 0 Å². The van der Waals surface area contributed by atoms with Crippen molar-refractivity contribution in [2.75, 3.05) is 26.2 Å². The molecule has 0 aliphatic carbocycles. The number of hydrogen-bond acceptors (Lipinski definition) is 4. The molecule has 0 amide bonds. The minimum absolute atomic E-state index is 0.123. The van der Waals surface area contributed by atoms with Crippen LogP contribution < -0.4 is 4.74 Å². The van der Waals surface area contributed by atoms with Crippen LogP contribution in [-0.2, 0) is 5.60 Å². The Morgan fingerprint density at radius 1 is 0.914 bits per heavy atom. The molecular weight excluding hydrogens is 434 g/mol. The lowest BCUT2D eigenvalue weighted by Crippen LogP contribution is -2.44. The lowest BCUT2D eigenvalue weighted by molar-refractivity contribution is -0.0148. The molecule has 0 radical (unpaired) electrons. The molecule has 1 aliphatic rings. The third-order valence-electron chi connectivity index (χ3n) is 7.28. The maximum atomic E-state index is 12.3. The highest BCUT2D eigenvalue weighted by atomic mass is 16.5. The van der Waals surface area contributed by atoms with E-state index in [2.05, 4.69) is 11.8 Å². The van der Waals surface area contributed by atoms with Crippen molar-refractivity contribution in [3.63, 3.8) is 0 Å². The predicted octanol–water partition coefficient (Wildman–Crippen LogP) is 5.94. The van der Waals surface area contributed by atoms with E-state index in [9.17, 15) is 10.2 Å². The zero-order valence-electron chi connectivity index (χ0n) is 20.9. The second kappa shape index (κ2) is 12.3. The Morgan fingerprint density at radius 2 is 1.57 bits per heavy atom. The van der Waals surface area contributed by atoms with Crippen molar-refractivity contribution < 1.29 is 14.9 Å². The van der Waals surface area contributed by atoms with Crippen molar-refractivity contribution in [1.82, 2.24) is 4.90 Å². The molecular formula is C31H39NO3. The van der Waals surface area contributed by atoms with Crippen LogP contribution in [0, 0.1) is 5.92 Å². The van der Waals surface area contributed by atoms with Gasteiger partial charge in [0.25, 0.3) is 0 Å². The van der Waals surface area contributed by atoms with Gasteiger partial charge in [-0.15, -0.1) is 0 Å². The van der Waals surface area contributed by atoms with Gasteiger partial charge in [0.05, 0.1) is 12.7 Å². The average Bonchev–Trinajstić information content (AvgIpc) is 2.93. The normalized spacial score (nSPS) is 17.6. The fraction of sp³-hybridized carbons (Fsp3) is 0.419. The first kappa shape index (κ1) is 25.4. The molecule has 0 bridgehead atoms. The monoisotopic (exact) mass is 473 g/mol. The zero-order valence-corrected chi connectivity index (χ0v) is 20.9. The summed E-state index contributed by atoms with van der Waals surface area (Å²) in [5.74, 6) is 0.936. The molecule has 0 saturated carbocycles. The molecule has 0 aromatic heterocycles. The fourth-order valence-electron chi connectivity index (χ4n) is 5.30. The van der Waals surface area contributed by atoms with Gasteiger partial charge < -0.3 is 19.8 Å². The molecule has 1 aliphatic heterocycles. The first-order chi connectivity index (χ1) is 17.1. The highest BCUT2D eigenvalue weighted by Crippen LogP contribution is 2.42. The Balaban J connectivity index is 1.41. The third-order valence-corrected chi connectivity index (χ3v) is 7.28. The smallest absolute Gasteiger partial charge is 0.119 e. The van der Waals surface area contributed by atoms with E-state index in [1.165, 1.54) is 0 Å². The minimum atomic E-state index is -1.05. The molecule has 35 heavy (non-hydrogen) atoms. The summed E-state index contributed by atoms with van der Waals surface area (Å²) in [6.07, 6.45) is 4.12. The van der Waals surface area contributed by atoms with Crippen LogP contribution in [0.3, 0.4) is 0 Å². The van der Waals surface area contributed by atoms with Crippen LogP contribution in [0.4, 0.5) is 0 Å². The summed E-state index contributed by atoms with van der Waals surface area (Å²) in [5, 5.41) is 22.7. The maximum Gasteiger partial charge on any atom is 0.119 e.